The third-order valence-electron chi connectivity index (χ3n) is 2.63. The smallest absolute Gasteiger partial charge is 0.392 e. The maximum Gasteiger partial charge on any atom is 0.416 e. The maximum atomic E-state index is 12.4. The molecule has 19 heavy (non-hydrogen) atoms. The van der Waals surface area contributed by atoms with Crippen molar-refractivity contribution in [2.24, 2.45) is 0 Å². The number of nitrogens with zero attached hydrogens (tertiary/aromatic N) is 1. The number of alkyl halides is 3. The molecule has 0 bridgehead atoms. The zero-order valence-corrected chi connectivity index (χ0v) is 10.3. The first-order valence-electron chi connectivity index (χ1n) is 5.35. The van der Waals surface area contributed by atoms with Gasteiger partial charge in [-0.2, -0.15) is 13.2 Å². The minimum absolute atomic E-state index is 0.241. The van der Waals surface area contributed by atoms with Crippen molar-refractivity contribution >= 4 is 11.6 Å². The lowest BCUT2D eigenvalue weighted by atomic mass is 10.1. The van der Waals surface area contributed by atoms with Gasteiger partial charge in [0.2, 0.25) is 0 Å². The lowest BCUT2D eigenvalue weighted by Crippen LogP contribution is -2.04. The summed E-state index contributed by atoms with van der Waals surface area (Å²) in [6.07, 6.45) is -2.92. The Morgan fingerprint density at radius 1 is 1.11 bits per heavy atom. The van der Waals surface area contributed by atoms with Gasteiger partial charge < -0.3 is 5.11 Å². The number of aliphatic hydroxyl groups excluding tert-OH is 1. The molecule has 2 aromatic rings. The quantitative estimate of drug-likeness (QED) is 0.908. The van der Waals surface area contributed by atoms with E-state index in [9.17, 15) is 13.2 Å². The van der Waals surface area contributed by atoms with E-state index in [4.69, 9.17) is 16.7 Å². The van der Waals surface area contributed by atoms with Crippen LogP contribution in [0.25, 0.3) is 11.3 Å². The summed E-state index contributed by atoms with van der Waals surface area (Å²) in [7, 11) is 0. The van der Waals surface area contributed by atoms with Gasteiger partial charge in [0.05, 0.1) is 22.9 Å². The molecule has 0 spiro atoms. The van der Waals surface area contributed by atoms with E-state index in [2.05, 4.69) is 4.98 Å². The van der Waals surface area contributed by atoms with Gasteiger partial charge in [-0.25, -0.2) is 0 Å². The Balaban J connectivity index is 2.43. The molecule has 0 saturated heterocycles. The van der Waals surface area contributed by atoms with Crippen LogP contribution in [0.4, 0.5) is 13.2 Å². The highest BCUT2D eigenvalue weighted by Gasteiger charge is 2.30. The number of benzene rings is 1. The number of aromatic nitrogens is 1. The molecular weight excluding hydrogens is 279 g/mol. The second-order valence-corrected chi connectivity index (χ2v) is 4.24. The van der Waals surface area contributed by atoms with Crippen molar-refractivity contribution in [3.8, 4) is 11.3 Å². The molecule has 6 heteroatoms. The molecule has 0 aliphatic carbocycles. The van der Waals surface area contributed by atoms with Crippen molar-refractivity contribution in [3.05, 3.63) is 52.7 Å². The van der Waals surface area contributed by atoms with E-state index in [-0.39, 0.29) is 11.6 Å². The van der Waals surface area contributed by atoms with E-state index in [1.807, 2.05) is 0 Å². The summed E-state index contributed by atoms with van der Waals surface area (Å²) >= 11 is 6.03. The van der Waals surface area contributed by atoms with Crippen LogP contribution >= 0.6 is 11.6 Å². The molecule has 1 aromatic heterocycles. The summed E-state index contributed by atoms with van der Waals surface area (Å²) in [5.74, 6) is 0. The molecule has 0 saturated carbocycles. The van der Waals surface area contributed by atoms with Crippen LogP contribution in [0.5, 0.6) is 0 Å². The van der Waals surface area contributed by atoms with Gasteiger partial charge in [0, 0.05) is 11.8 Å². The molecule has 0 aliphatic heterocycles. The van der Waals surface area contributed by atoms with Crippen molar-refractivity contribution in [3.63, 3.8) is 0 Å². The highest BCUT2D eigenvalue weighted by Crippen LogP contribution is 2.33. The van der Waals surface area contributed by atoms with Crippen LogP contribution in [-0.4, -0.2) is 10.1 Å². The summed E-state index contributed by atoms with van der Waals surface area (Å²) < 4.78 is 37.3. The van der Waals surface area contributed by atoms with Crippen molar-refractivity contribution in [2.45, 2.75) is 12.8 Å². The average Bonchev–Trinajstić information content (AvgIpc) is 2.38. The highest BCUT2D eigenvalue weighted by molar-refractivity contribution is 6.33. The van der Waals surface area contributed by atoms with Crippen LogP contribution in [0.15, 0.2) is 36.5 Å². The SMILES string of the molecule is OCc1ccnc(-c2ccc(C(F)(F)F)cc2)c1Cl. The molecule has 1 aromatic carbocycles. The van der Waals surface area contributed by atoms with Crippen LogP contribution in [0.1, 0.15) is 11.1 Å². The molecule has 0 radical (unpaired) electrons. The predicted molar refractivity (Wildman–Crippen MR) is 65.6 cm³/mol. The summed E-state index contributed by atoms with van der Waals surface area (Å²) in [6.45, 7) is -0.255. The predicted octanol–water partition coefficient (Wildman–Crippen LogP) is 3.91. The Kier molecular flexibility index (Phi) is 3.78. The number of halogens is 4. The molecule has 0 fully saturated rings. The van der Waals surface area contributed by atoms with Crippen LogP contribution in [0, 0.1) is 0 Å². The molecule has 1 heterocycles. The Hall–Kier alpha value is -1.59. The standard InChI is InChI=1S/C13H9ClF3NO/c14-11-9(7-19)5-6-18-12(11)8-1-3-10(4-2-8)13(15,16)17/h1-6,19H,7H2. The van der Waals surface area contributed by atoms with Gasteiger partial charge in [-0.3, -0.25) is 4.98 Å². The monoisotopic (exact) mass is 287 g/mol. The first-order valence-corrected chi connectivity index (χ1v) is 5.73. The molecule has 2 rings (SSSR count). The van der Waals surface area contributed by atoms with Crippen molar-refractivity contribution in [2.75, 3.05) is 0 Å². The fourth-order valence-electron chi connectivity index (χ4n) is 1.62. The average molecular weight is 288 g/mol. The Bertz CT molecular complexity index is 581. The third-order valence-corrected chi connectivity index (χ3v) is 3.05. The molecule has 2 nitrogen and oxygen atoms in total. The molecule has 0 unspecified atom stereocenters. The van der Waals surface area contributed by atoms with Crippen molar-refractivity contribution < 1.29 is 18.3 Å². The van der Waals surface area contributed by atoms with Gasteiger partial charge in [-0.1, -0.05) is 23.7 Å². The first-order chi connectivity index (χ1) is 8.93. The topological polar surface area (TPSA) is 33.1 Å². The van der Waals surface area contributed by atoms with Crippen LogP contribution in [-0.2, 0) is 12.8 Å². The lowest BCUT2D eigenvalue weighted by Gasteiger charge is -2.09. The zero-order valence-electron chi connectivity index (χ0n) is 9.58. The van der Waals surface area contributed by atoms with E-state index in [1.165, 1.54) is 18.3 Å². The van der Waals surface area contributed by atoms with Crippen molar-refractivity contribution in [1.82, 2.24) is 4.98 Å². The van der Waals surface area contributed by atoms with E-state index in [0.717, 1.165) is 12.1 Å². The minimum Gasteiger partial charge on any atom is -0.392 e. The summed E-state index contributed by atoms with van der Waals surface area (Å²) in [5.41, 5.74) is 0.562. The summed E-state index contributed by atoms with van der Waals surface area (Å²) in [6, 6.07) is 6.10. The van der Waals surface area contributed by atoms with E-state index in [1.54, 1.807) is 6.07 Å². The normalized spacial score (nSPS) is 11.6. The Morgan fingerprint density at radius 3 is 2.26 bits per heavy atom. The van der Waals surface area contributed by atoms with Crippen LogP contribution < -0.4 is 0 Å². The fourth-order valence-corrected chi connectivity index (χ4v) is 1.90. The van der Waals surface area contributed by atoms with E-state index >= 15 is 0 Å². The number of rotatable bonds is 2. The summed E-state index contributed by atoms with van der Waals surface area (Å²) in [5, 5.41) is 9.32. The lowest BCUT2D eigenvalue weighted by molar-refractivity contribution is -0.137. The molecule has 0 atom stereocenters. The number of hydrogen-bond acceptors (Lipinski definition) is 2. The Morgan fingerprint density at radius 2 is 1.74 bits per heavy atom. The Labute approximate surface area is 112 Å². The van der Waals surface area contributed by atoms with Crippen LogP contribution in [0.2, 0.25) is 5.02 Å². The highest BCUT2D eigenvalue weighted by atomic mass is 35.5. The van der Waals surface area contributed by atoms with Gasteiger partial charge >= 0.3 is 6.18 Å². The summed E-state index contributed by atoms with van der Waals surface area (Å²) in [4.78, 5) is 4.02. The molecule has 1 N–H and O–H groups in total. The van der Waals surface area contributed by atoms with Gasteiger partial charge in [0.15, 0.2) is 0 Å². The largest absolute Gasteiger partial charge is 0.416 e. The van der Waals surface area contributed by atoms with E-state index in [0.29, 0.717) is 16.8 Å². The molecule has 100 valence electrons. The number of hydrogen-bond donors (Lipinski definition) is 1. The van der Waals surface area contributed by atoms with Gasteiger partial charge in [-0.05, 0) is 23.8 Å². The number of aliphatic hydroxyl groups is 1. The molecule has 0 amide bonds. The van der Waals surface area contributed by atoms with Crippen LogP contribution in [0.3, 0.4) is 0 Å². The fraction of sp³-hybridized carbons (Fsp3) is 0.154. The van der Waals surface area contributed by atoms with E-state index < -0.39 is 11.7 Å². The van der Waals surface area contributed by atoms with Gasteiger partial charge in [0.1, 0.15) is 0 Å². The first kappa shape index (κ1) is 13.8. The third kappa shape index (κ3) is 2.88. The van der Waals surface area contributed by atoms with Gasteiger partial charge in [0.25, 0.3) is 0 Å². The van der Waals surface area contributed by atoms with Crippen molar-refractivity contribution in [1.29, 1.82) is 0 Å². The number of pyridine rings is 1. The maximum absolute atomic E-state index is 12.4. The van der Waals surface area contributed by atoms with Gasteiger partial charge in [-0.15, -0.1) is 0 Å². The zero-order chi connectivity index (χ0) is 14.0. The second kappa shape index (κ2) is 5.19. The molecular formula is C13H9ClF3NO. The minimum atomic E-state index is -4.37. The second-order valence-electron chi connectivity index (χ2n) is 3.87. The molecule has 0 aliphatic rings.